The van der Waals surface area contributed by atoms with E-state index in [1.807, 2.05) is 54.6 Å². The summed E-state index contributed by atoms with van der Waals surface area (Å²) in [7, 11) is 0. The molecule has 0 spiro atoms. The fourth-order valence-corrected chi connectivity index (χ4v) is 2.62. The van der Waals surface area contributed by atoms with E-state index >= 15 is 0 Å². The maximum atomic E-state index is 12.1. The number of aromatic nitrogens is 1. The first-order valence-corrected chi connectivity index (χ1v) is 7.84. The van der Waals surface area contributed by atoms with Gasteiger partial charge in [-0.3, -0.25) is 4.79 Å². The van der Waals surface area contributed by atoms with Crippen molar-refractivity contribution in [2.45, 2.75) is 6.54 Å². The van der Waals surface area contributed by atoms with Gasteiger partial charge < -0.3 is 15.8 Å². The third-order valence-corrected chi connectivity index (χ3v) is 3.96. The van der Waals surface area contributed by atoms with Crippen molar-refractivity contribution in [1.82, 2.24) is 10.3 Å². The Hall–Kier alpha value is -2.86. The predicted octanol–water partition coefficient (Wildman–Crippen LogP) is 3.45. The Kier molecular flexibility index (Phi) is 4.54. The molecule has 3 N–H and O–H groups in total. The number of nitrogen functional groups attached to an aromatic ring is 1. The second-order valence-corrected chi connectivity index (χ2v) is 5.83. The molecule has 0 aliphatic carbocycles. The van der Waals surface area contributed by atoms with Gasteiger partial charge in [-0.2, -0.15) is 0 Å². The van der Waals surface area contributed by atoms with Crippen LogP contribution in [0.15, 0.2) is 60.8 Å². The molecule has 0 atom stereocenters. The Morgan fingerprint density at radius 1 is 1.13 bits per heavy atom. The van der Waals surface area contributed by atoms with Crippen LogP contribution in [0.2, 0.25) is 0 Å². The zero-order valence-electron chi connectivity index (χ0n) is 12.2. The summed E-state index contributed by atoms with van der Waals surface area (Å²) in [4.78, 5) is 16.4. The monoisotopic (exact) mass is 325 g/mol. The molecular formula is C17H15N3O2S. The van der Waals surface area contributed by atoms with E-state index in [4.69, 9.17) is 10.5 Å². The highest BCUT2D eigenvalue weighted by Crippen LogP contribution is 2.25. The van der Waals surface area contributed by atoms with Gasteiger partial charge in [-0.05, 0) is 18.2 Å². The van der Waals surface area contributed by atoms with Gasteiger partial charge in [0.05, 0.1) is 6.20 Å². The normalized spacial score (nSPS) is 10.3. The number of nitrogens with one attached hydrogen (secondary N) is 1. The molecule has 0 radical (unpaired) electrons. The highest BCUT2D eigenvalue weighted by atomic mass is 32.1. The quantitative estimate of drug-likeness (QED) is 0.753. The fourth-order valence-electron chi connectivity index (χ4n) is 2.02. The van der Waals surface area contributed by atoms with Gasteiger partial charge in [-0.1, -0.05) is 47.7 Å². The maximum absolute atomic E-state index is 12.1. The minimum Gasteiger partial charge on any atom is -0.457 e. The van der Waals surface area contributed by atoms with Crippen LogP contribution in [-0.2, 0) is 6.54 Å². The smallest absolute Gasteiger partial charge is 0.263 e. The average Bonchev–Trinajstić information content (AvgIpc) is 3.01. The number of amides is 1. The number of benzene rings is 2. The SMILES string of the molecule is Nc1ncc(C(=O)NCc2ccccc2Oc2ccccc2)s1. The van der Waals surface area contributed by atoms with Crippen molar-refractivity contribution in [2.75, 3.05) is 5.73 Å². The molecule has 6 heteroatoms. The van der Waals surface area contributed by atoms with Crippen LogP contribution >= 0.6 is 11.3 Å². The van der Waals surface area contributed by atoms with Crippen LogP contribution in [0.3, 0.4) is 0 Å². The number of hydrogen-bond acceptors (Lipinski definition) is 5. The molecule has 0 aliphatic rings. The molecule has 23 heavy (non-hydrogen) atoms. The van der Waals surface area contributed by atoms with E-state index in [-0.39, 0.29) is 5.91 Å². The summed E-state index contributed by atoms with van der Waals surface area (Å²) < 4.78 is 5.87. The van der Waals surface area contributed by atoms with Crippen LogP contribution in [0.25, 0.3) is 0 Å². The summed E-state index contributed by atoms with van der Waals surface area (Å²) in [5.74, 6) is 1.26. The van der Waals surface area contributed by atoms with Gasteiger partial charge >= 0.3 is 0 Å². The van der Waals surface area contributed by atoms with E-state index in [2.05, 4.69) is 10.3 Å². The molecule has 2 aromatic carbocycles. The lowest BCUT2D eigenvalue weighted by Gasteiger charge is -2.11. The van der Waals surface area contributed by atoms with Crippen LogP contribution in [0.4, 0.5) is 5.13 Å². The number of carbonyl (C=O) groups is 1. The summed E-state index contributed by atoms with van der Waals surface area (Å²) >= 11 is 1.16. The predicted molar refractivity (Wildman–Crippen MR) is 90.7 cm³/mol. The van der Waals surface area contributed by atoms with Crippen molar-refractivity contribution in [3.05, 3.63) is 71.2 Å². The lowest BCUT2D eigenvalue weighted by molar-refractivity contribution is 0.0954. The van der Waals surface area contributed by atoms with Gasteiger partial charge in [0.1, 0.15) is 16.4 Å². The Labute approximate surface area is 137 Å². The van der Waals surface area contributed by atoms with Crippen molar-refractivity contribution < 1.29 is 9.53 Å². The second-order valence-electron chi connectivity index (χ2n) is 4.77. The number of thiazole rings is 1. The number of nitrogens with zero attached hydrogens (tertiary/aromatic N) is 1. The molecule has 0 saturated heterocycles. The van der Waals surface area contributed by atoms with Crippen molar-refractivity contribution in [2.24, 2.45) is 0 Å². The van der Waals surface area contributed by atoms with Gasteiger partial charge in [-0.25, -0.2) is 4.98 Å². The van der Waals surface area contributed by atoms with Gasteiger partial charge in [0.15, 0.2) is 5.13 Å². The molecule has 1 aromatic heterocycles. The van der Waals surface area contributed by atoms with Crippen molar-refractivity contribution in [3.8, 4) is 11.5 Å². The number of ether oxygens (including phenoxy) is 1. The molecule has 1 amide bonds. The first-order valence-electron chi connectivity index (χ1n) is 7.02. The topological polar surface area (TPSA) is 77.2 Å². The molecule has 0 fully saturated rings. The molecule has 0 aliphatic heterocycles. The number of carbonyl (C=O) groups excluding carboxylic acids is 1. The number of para-hydroxylation sites is 2. The van der Waals surface area contributed by atoms with Gasteiger partial charge in [0.25, 0.3) is 5.91 Å². The number of hydrogen-bond donors (Lipinski definition) is 2. The Morgan fingerprint density at radius 2 is 1.87 bits per heavy atom. The van der Waals surface area contributed by atoms with E-state index < -0.39 is 0 Å². The largest absolute Gasteiger partial charge is 0.457 e. The van der Waals surface area contributed by atoms with Gasteiger partial charge in [0, 0.05) is 12.1 Å². The van der Waals surface area contributed by atoms with Crippen LogP contribution in [0.1, 0.15) is 15.2 Å². The minimum atomic E-state index is -0.200. The summed E-state index contributed by atoms with van der Waals surface area (Å²) in [5, 5.41) is 3.23. The summed E-state index contributed by atoms with van der Waals surface area (Å²) in [6.45, 7) is 0.361. The van der Waals surface area contributed by atoms with E-state index in [1.54, 1.807) is 0 Å². The molecule has 3 rings (SSSR count). The Balaban J connectivity index is 1.69. The summed E-state index contributed by atoms with van der Waals surface area (Å²) in [6, 6.07) is 17.1. The van der Waals surface area contributed by atoms with Gasteiger partial charge in [-0.15, -0.1) is 0 Å². The molecule has 116 valence electrons. The molecule has 0 unspecified atom stereocenters. The third kappa shape index (κ3) is 3.87. The first-order chi connectivity index (χ1) is 11.2. The van der Waals surface area contributed by atoms with Crippen LogP contribution in [0, 0.1) is 0 Å². The minimum absolute atomic E-state index is 0.200. The second kappa shape index (κ2) is 6.93. The average molecular weight is 325 g/mol. The van der Waals surface area contributed by atoms with Crippen molar-refractivity contribution >= 4 is 22.4 Å². The molecule has 0 bridgehead atoms. The highest BCUT2D eigenvalue weighted by Gasteiger charge is 2.11. The zero-order chi connectivity index (χ0) is 16.1. The third-order valence-electron chi connectivity index (χ3n) is 3.13. The molecule has 1 heterocycles. The Bertz CT molecular complexity index is 802. The summed E-state index contributed by atoms with van der Waals surface area (Å²) in [6.07, 6.45) is 1.47. The van der Waals surface area contributed by atoms with Crippen LogP contribution in [0.5, 0.6) is 11.5 Å². The van der Waals surface area contributed by atoms with E-state index in [1.165, 1.54) is 6.20 Å². The molecule has 5 nitrogen and oxygen atoms in total. The lowest BCUT2D eigenvalue weighted by atomic mass is 10.2. The fraction of sp³-hybridized carbons (Fsp3) is 0.0588. The first kappa shape index (κ1) is 15.1. The van der Waals surface area contributed by atoms with Crippen molar-refractivity contribution in [3.63, 3.8) is 0 Å². The molecule has 3 aromatic rings. The Morgan fingerprint density at radius 3 is 2.61 bits per heavy atom. The summed E-state index contributed by atoms with van der Waals surface area (Å²) in [5.41, 5.74) is 6.43. The lowest BCUT2D eigenvalue weighted by Crippen LogP contribution is -2.22. The zero-order valence-corrected chi connectivity index (χ0v) is 13.0. The van der Waals surface area contributed by atoms with E-state index in [0.29, 0.717) is 22.3 Å². The van der Waals surface area contributed by atoms with Crippen LogP contribution < -0.4 is 15.8 Å². The van der Waals surface area contributed by atoms with Crippen molar-refractivity contribution in [1.29, 1.82) is 0 Å². The standard InChI is InChI=1S/C17H15N3O2S/c18-17-20-11-15(23-17)16(21)19-10-12-6-4-5-9-14(12)22-13-7-2-1-3-8-13/h1-9,11H,10H2,(H2,18,20)(H,19,21). The molecule has 0 saturated carbocycles. The van der Waals surface area contributed by atoms with E-state index in [0.717, 1.165) is 22.6 Å². The van der Waals surface area contributed by atoms with Crippen LogP contribution in [-0.4, -0.2) is 10.9 Å². The van der Waals surface area contributed by atoms with Gasteiger partial charge in [0.2, 0.25) is 0 Å². The highest BCUT2D eigenvalue weighted by molar-refractivity contribution is 7.17. The number of rotatable bonds is 5. The number of nitrogens with two attached hydrogens (primary N) is 1. The van der Waals surface area contributed by atoms with E-state index in [9.17, 15) is 4.79 Å². The maximum Gasteiger partial charge on any atom is 0.263 e. The number of anilines is 1. The molecular weight excluding hydrogens is 310 g/mol.